The summed E-state index contributed by atoms with van der Waals surface area (Å²) in [4.78, 5) is 8.75. The second kappa shape index (κ2) is 11.1. The number of H-pyrrole nitrogens is 1. The predicted octanol–water partition coefficient (Wildman–Crippen LogP) is 4.28. The Morgan fingerprint density at radius 1 is 1.03 bits per heavy atom. The van der Waals surface area contributed by atoms with Crippen molar-refractivity contribution in [2.24, 2.45) is 4.99 Å². The molecule has 0 saturated heterocycles. The van der Waals surface area contributed by atoms with Crippen molar-refractivity contribution in [1.29, 1.82) is 0 Å². The summed E-state index contributed by atoms with van der Waals surface area (Å²) in [6.07, 6.45) is 3.33. The number of aromatic nitrogens is 3. The monoisotopic (exact) mass is 448 g/mol. The van der Waals surface area contributed by atoms with E-state index < -0.39 is 5.79 Å². The van der Waals surface area contributed by atoms with Crippen LogP contribution in [0.25, 0.3) is 22.5 Å². The van der Waals surface area contributed by atoms with Gasteiger partial charge >= 0.3 is 0 Å². The lowest BCUT2D eigenvalue weighted by atomic mass is 9.95. The largest absolute Gasteiger partial charge is 0.392 e. The van der Waals surface area contributed by atoms with Gasteiger partial charge < -0.3 is 15.3 Å². The molecule has 0 atom stereocenters. The molecule has 0 aliphatic rings. The molecule has 1 heterocycles. The molecule has 0 radical (unpaired) electrons. The van der Waals surface area contributed by atoms with Crippen molar-refractivity contribution in [2.45, 2.75) is 52.2 Å². The Kier molecular flexibility index (Phi) is 8.27. The van der Waals surface area contributed by atoms with E-state index >= 15 is 0 Å². The number of benzene rings is 2. The van der Waals surface area contributed by atoms with Crippen LogP contribution in [0.3, 0.4) is 0 Å². The Labute approximate surface area is 194 Å². The van der Waals surface area contributed by atoms with Gasteiger partial charge in [-0.1, -0.05) is 61.9 Å². The minimum atomic E-state index is -1.97. The maximum atomic E-state index is 10.6. The second-order valence-electron chi connectivity index (χ2n) is 8.23. The Morgan fingerprint density at radius 2 is 1.73 bits per heavy atom. The van der Waals surface area contributed by atoms with Gasteiger partial charge in [0.1, 0.15) is 6.33 Å². The molecule has 3 rings (SSSR count). The fourth-order valence-electron chi connectivity index (χ4n) is 3.64. The standard InChI is InChI=1S/C26H32N4O3/c1-4-15-26(32,33)24(29-19(3)18(2)16-31)14-11-20-9-12-21(13-10-20)22-7-5-6-8-23(22)25-27-17-28-30-25/h5-10,12-13,17,31-33H,4,11,14-16H2,1-3H3,(H,27,28,30)/b19-18+,29-24?. The molecule has 174 valence electrons. The first kappa shape index (κ1) is 24.5. The van der Waals surface area contributed by atoms with E-state index in [2.05, 4.69) is 32.3 Å². The summed E-state index contributed by atoms with van der Waals surface area (Å²) in [5, 5.41) is 37.4. The molecule has 4 N–H and O–H groups in total. The summed E-state index contributed by atoms with van der Waals surface area (Å²) in [6.45, 7) is 5.34. The van der Waals surface area contributed by atoms with E-state index in [1.807, 2.05) is 43.3 Å². The lowest BCUT2D eigenvalue weighted by Gasteiger charge is -2.24. The van der Waals surface area contributed by atoms with E-state index in [4.69, 9.17) is 0 Å². The van der Waals surface area contributed by atoms with Crippen LogP contribution in [0.2, 0.25) is 0 Å². The minimum absolute atomic E-state index is 0.114. The summed E-state index contributed by atoms with van der Waals surface area (Å²) < 4.78 is 0. The van der Waals surface area contributed by atoms with Crippen molar-refractivity contribution in [2.75, 3.05) is 6.61 Å². The molecule has 0 fully saturated rings. The van der Waals surface area contributed by atoms with Crippen LogP contribution in [0, 0.1) is 0 Å². The molecule has 7 nitrogen and oxygen atoms in total. The highest BCUT2D eigenvalue weighted by Crippen LogP contribution is 2.30. The summed E-state index contributed by atoms with van der Waals surface area (Å²) in [6, 6.07) is 16.2. The van der Waals surface area contributed by atoms with E-state index in [1.54, 1.807) is 13.8 Å². The highest BCUT2D eigenvalue weighted by Gasteiger charge is 2.29. The fraction of sp³-hybridized carbons (Fsp3) is 0.346. The Balaban J connectivity index is 1.81. The first-order chi connectivity index (χ1) is 15.9. The van der Waals surface area contributed by atoms with Crippen molar-refractivity contribution in [3.8, 4) is 22.5 Å². The summed E-state index contributed by atoms with van der Waals surface area (Å²) in [5.74, 6) is -1.25. The number of aromatic amines is 1. The maximum Gasteiger partial charge on any atom is 0.203 e. The van der Waals surface area contributed by atoms with Crippen LogP contribution in [0.4, 0.5) is 0 Å². The quantitative estimate of drug-likeness (QED) is 0.273. The number of aliphatic hydroxyl groups is 3. The zero-order valence-corrected chi connectivity index (χ0v) is 19.4. The average molecular weight is 449 g/mol. The smallest absolute Gasteiger partial charge is 0.203 e. The molecular weight excluding hydrogens is 416 g/mol. The topological polar surface area (TPSA) is 115 Å². The summed E-state index contributed by atoms with van der Waals surface area (Å²) in [7, 11) is 0. The first-order valence-electron chi connectivity index (χ1n) is 11.2. The first-order valence-corrected chi connectivity index (χ1v) is 11.2. The highest BCUT2D eigenvalue weighted by molar-refractivity contribution is 5.91. The molecular formula is C26H32N4O3. The van der Waals surface area contributed by atoms with Gasteiger partial charge in [0.05, 0.1) is 12.3 Å². The van der Waals surface area contributed by atoms with Crippen LogP contribution in [0.5, 0.6) is 0 Å². The number of nitrogens with zero attached hydrogens (tertiary/aromatic N) is 3. The van der Waals surface area contributed by atoms with Crippen LogP contribution in [0.1, 0.15) is 45.6 Å². The number of hydrogen-bond donors (Lipinski definition) is 4. The average Bonchev–Trinajstić information content (AvgIpc) is 3.36. The van der Waals surface area contributed by atoms with Crippen molar-refractivity contribution in [3.05, 3.63) is 71.7 Å². The third-order valence-corrected chi connectivity index (χ3v) is 5.73. The Morgan fingerprint density at radius 3 is 2.33 bits per heavy atom. The van der Waals surface area contributed by atoms with Gasteiger partial charge in [-0.15, -0.1) is 0 Å². The zero-order valence-electron chi connectivity index (χ0n) is 19.4. The number of aryl methyl sites for hydroxylation is 1. The molecule has 3 aromatic rings. The second-order valence-corrected chi connectivity index (χ2v) is 8.23. The molecule has 0 bridgehead atoms. The summed E-state index contributed by atoms with van der Waals surface area (Å²) in [5.41, 5.74) is 5.78. The molecule has 0 unspecified atom stereocenters. The molecule has 0 saturated carbocycles. The lowest BCUT2D eigenvalue weighted by Crippen LogP contribution is -2.38. The van der Waals surface area contributed by atoms with Crippen LogP contribution in [0.15, 0.2) is 71.1 Å². The van der Waals surface area contributed by atoms with Gasteiger partial charge in [-0.25, -0.2) is 4.98 Å². The lowest BCUT2D eigenvalue weighted by molar-refractivity contribution is -0.105. The number of aliphatic imine (C=N–C) groups is 1. The van der Waals surface area contributed by atoms with E-state index in [1.165, 1.54) is 6.33 Å². The number of nitrogens with one attached hydrogen (secondary N) is 1. The molecule has 0 spiro atoms. The van der Waals surface area contributed by atoms with Gasteiger partial charge in [0.25, 0.3) is 0 Å². The van der Waals surface area contributed by atoms with Gasteiger partial charge in [0.2, 0.25) is 5.79 Å². The van der Waals surface area contributed by atoms with Crippen LogP contribution in [-0.4, -0.2) is 48.6 Å². The minimum Gasteiger partial charge on any atom is -0.392 e. The molecule has 0 amide bonds. The summed E-state index contributed by atoms with van der Waals surface area (Å²) >= 11 is 0. The van der Waals surface area contributed by atoms with E-state index in [9.17, 15) is 15.3 Å². The molecule has 0 aliphatic carbocycles. The number of allylic oxidation sites excluding steroid dienone is 1. The Bertz CT molecular complexity index is 1100. The highest BCUT2D eigenvalue weighted by atomic mass is 16.5. The zero-order chi connectivity index (χ0) is 23.8. The Hall–Kier alpha value is -3.13. The molecule has 2 aromatic carbocycles. The van der Waals surface area contributed by atoms with Gasteiger partial charge in [0.15, 0.2) is 5.82 Å². The predicted molar refractivity (Wildman–Crippen MR) is 131 cm³/mol. The SMILES string of the molecule is CCCC(O)(O)C(CCc1ccc(-c2ccccc2-c2ncn[nH]2)cc1)=N/C(C)=C(\C)CO. The molecule has 7 heteroatoms. The van der Waals surface area contributed by atoms with Gasteiger partial charge in [-0.05, 0) is 49.0 Å². The molecule has 1 aromatic heterocycles. The van der Waals surface area contributed by atoms with Crippen molar-refractivity contribution in [1.82, 2.24) is 15.2 Å². The number of hydrogen-bond acceptors (Lipinski definition) is 6. The van der Waals surface area contributed by atoms with Gasteiger partial charge in [0, 0.05) is 17.7 Å². The van der Waals surface area contributed by atoms with Crippen LogP contribution < -0.4 is 0 Å². The van der Waals surface area contributed by atoms with Crippen molar-refractivity contribution >= 4 is 5.71 Å². The van der Waals surface area contributed by atoms with E-state index in [-0.39, 0.29) is 13.0 Å². The number of aliphatic hydroxyl groups excluding tert-OH is 1. The van der Waals surface area contributed by atoms with E-state index in [0.29, 0.717) is 36.2 Å². The number of rotatable bonds is 10. The molecule has 33 heavy (non-hydrogen) atoms. The maximum absolute atomic E-state index is 10.6. The fourth-order valence-corrected chi connectivity index (χ4v) is 3.64. The van der Waals surface area contributed by atoms with Crippen molar-refractivity contribution in [3.63, 3.8) is 0 Å². The van der Waals surface area contributed by atoms with E-state index in [0.717, 1.165) is 28.1 Å². The van der Waals surface area contributed by atoms with Gasteiger partial charge in [-0.2, -0.15) is 5.10 Å². The third kappa shape index (κ3) is 6.22. The van der Waals surface area contributed by atoms with Crippen molar-refractivity contribution < 1.29 is 15.3 Å². The van der Waals surface area contributed by atoms with Gasteiger partial charge in [-0.3, -0.25) is 10.1 Å². The van der Waals surface area contributed by atoms with Crippen LogP contribution in [-0.2, 0) is 6.42 Å². The third-order valence-electron chi connectivity index (χ3n) is 5.73. The van der Waals surface area contributed by atoms with Crippen LogP contribution >= 0.6 is 0 Å². The normalized spacial score (nSPS) is 13.2. The molecule has 0 aliphatic heterocycles.